The molecule has 3 unspecified atom stereocenters. The highest BCUT2D eigenvalue weighted by atomic mass is 16.6. The lowest BCUT2D eigenvalue weighted by Crippen LogP contribution is -2.46. The van der Waals surface area contributed by atoms with Crippen molar-refractivity contribution in [2.24, 2.45) is 5.92 Å². The van der Waals surface area contributed by atoms with Crippen LogP contribution in [-0.2, 0) is 6.54 Å². The first-order valence-corrected chi connectivity index (χ1v) is 10.9. The molecule has 0 saturated carbocycles. The zero-order valence-corrected chi connectivity index (χ0v) is 17.2. The van der Waals surface area contributed by atoms with Gasteiger partial charge in [-0.3, -0.25) is 15.8 Å². The molecule has 2 saturated heterocycles. The van der Waals surface area contributed by atoms with E-state index >= 15 is 0 Å². The van der Waals surface area contributed by atoms with E-state index in [0.29, 0.717) is 31.1 Å². The predicted octanol–water partition coefficient (Wildman–Crippen LogP) is 3.24. The Morgan fingerprint density at radius 2 is 1.97 bits per heavy atom. The first-order valence-electron chi connectivity index (χ1n) is 10.9. The molecule has 3 heterocycles. The molecule has 3 aliphatic rings. The first kappa shape index (κ1) is 18.9. The minimum atomic E-state index is 0.486. The van der Waals surface area contributed by atoms with Crippen LogP contribution in [0.25, 0.3) is 0 Å². The van der Waals surface area contributed by atoms with Crippen LogP contribution >= 0.6 is 0 Å². The Balaban J connectivity index is 1.27. The van der Waals surface area contributed by atoms with Crippen LogP contribution in [0.15, 0.2) is 42.5 Å². The third-order valence-electron chi connectivity index (χ3n) is 6.56. The van der Waals surface area contributed by atoms with Crippen LogP contribution in [0.4, 0.5) is 0 Å². The molecular weight excluding hydrogens is 362 g/mol. The monoisotopic (exact) mass is 393 g/mol. The van der Waals surface area contributed by atoms with Crippen molar-refractivity contribution in [3.05, 3.63) is 59.2 Å². The Kier molecular flexibility index (Phi) is 5.44. The Morgan fingerprint density at radius 3 is 2.86 bits per heavy atom. The molecule has 0 aliphatic carbocycles. The number of nitrogens with zero attached hydrogens (tertiary/aromatic N) is 1. The molecule has 0 spiro atoms. The lowest BCUT2D eigenvalue weighted by Gasteiger charge is -2.37. The molecule has 5 heteroatoms. The lowest BCUT2D eigenvalue weighted by molar-refractivity contribution is 0.139. The van der Waals surface area contributed by atoms with Gasteiger partial charge in [0.1, 0.15) is 13.2 Å². The number of likely N-dealkylation sites (tertiary alicyclic amines) is 1. The van der Waals surface area contributed by atoms with Crippen molar-refractivity contribution in [2.45, 2.75) is 38.3 Å². The van der Waals surface area contributed by atoms with Crippen LogP contribution in [-0.4, -0.2) is 43.8 Å². The molecule has 2 fully saturated rings. The molecule has 0 amide bonds. The Labute approximate surface area is 173 Å². The van der Waals surface area contributed by atoms with E-state index in [-0.39, 0.29) is 0 Å². The minimum Gasteiger partial charge on any atom is -0.486 e. The summed E-state index contributed by atoms with van der Waals surface area (Å²) in [6.45, 7) is 7.75. The Bertz CT molecular complexity index is 856. The number of hydrogen-bond donors (Lipinski definition) is 2. The van der Waals surface area contributed by atoms with Gasteiger partial charge in [-0.2, -0.15) is 0 Å². The zero-order valence-electron chi connectivity index (χ0n) is 17.2. The van der Waals surface area contributed by atoms with Gasteiger partial charge in [-0.05, 0) is 55.5 Å². The number of piperidine rings is 1. The van der Waals surface area contributed by atoms with Gasteiger partial charge >= 0.3 is 0 Å². The van der Waals surface area contributed by atoms with E-state index < -0.39 is 0 Å². The van der Waals surface area contributed by atoms with E-state index in [2.05, 4.69) is 65.1 Å². The molecule has 3 aliphatic heterocycles. The topological polar surface area (TPSA) is 45.8 Å². The second kappa shape index (κ2) is 8.34. The van der Waals surface area contributed by atoms with E-state index in [4.69, 9.17) is 9.47 Å². The highest BCUT2D eigenvalue weighted by Crippen LogP contribution is 2.34. The molecule has 5 nitrogen and oxygen atoms in total. The van der Waals surface area contributed by atoms with E-state index in [1.807, 2.05) is 0 Å². The summed E-state index contributed by atoms with van der Waals surface area (Å²) in [5.41, 5.74) is 11.2. The number of nitrogens with one attached hydrogen (secondary N) is 2. The van der Waals surface area contributed by atoms with Crippen molar-refractivity contribution in [1.82, 2.24) is 15.8 Å². The largest absolute Gasteiger partial charge is 0.486 e. The van der Waals surface area contributed by atoms with Crippen LogP contribution in [0.2, 0.25) is 0 Å². The fourth-order valence-electron chi connectivity index (χ4n) is 5.16. The number of fused-ring (bicyclic) bond motifs is 1. The normalized spacial score (nSPS) is 27.1. The highest BCUT2D eigenvalue weighted by Gasteiger charge is 2.36. The van der Waals surface area contributed by atoms with Gasteiger partial charge in [0.2, 0.25) is 0 Å². The molecule has 5 rings (SSSR count). The van der Waals surface area contributed by atoms with Crippen molar-refractivity contribution in [3.8, 4) is 11.5 Å². The van der Waals surface area contributed by atoms with E-state index in [1.54, 1.807) is 0 Å². The molecule has 3 atom stereocenters. The Morgan fingerprint density at radius 1 is 1.07 bits per heavy atom. The van der Waals surface area contributed by atoms with E-state index in [9.17, 15) is 0 Å². The minimum absolute atomic E-state index is 0.486. The van der Waals surface area contributed by atoms with Crippen molar-refractivity contribution < 1.29 is 9.47 Å². The smallest absolute Gasteiger partial charge is 0.161 e. The number of benzene rings is 2. The maximum Gasteiger partial charge on any atom is 0.161 e. The molecule has 0 aromatic heterocycles. The van der Waals surface area contributed by atoms with Gasteiger partial charge in [0, 0.05) is 31.6 Å². The number of aryl methyl sites for hydroxylation is 1. The molecule has 2 aromatic rings. The maximum atomic E-state index is 5.77. The average Bonchev–Trinajstić information content (AvgIpc) is 3.24. The molecule has 29 heavy (non-hydrogen) atoms. The van der Waals surface area contributed by atoms with Gasteiger partial charge < -0.3 is 9.47 Å². The predicted molar refractivity (Wildman–Crippen MR) is 114 cm³/mol. The SMILES string of the molecule is Cc1cccc(C2CNNC2C2CCCN(Cc3ccc4c(c3)OCCO4)C2)c1. The van der Waals surface area contributed by atoms with Gasteiger partial charge in [0.05, 0.1) is 0 Å². The van der Waals surface area contributed by atoms with E-state index in [1.165, 1.54) is 36.1 Å². The summed E-state index contributed by atoms with van der Waals surface area (Å²) in [4.78, 5) is 2.60. The second-order valence-electron chi connectivity index (χ2n) is 8.69. The van der Waals surface area contributed by atoms with Crippen LogP contribution in [0.3, 0.4) is 0 Å². The molecule has 0 bridgehead atoms. The molecule has 154 valence electrons. The molecular formula is C24H31N3O2. The first-order chi connectivity index (χ1) is 14.3. The zero-order chi connectivity index (χ0) is 19.6. The fraction of sp³-hybridized carbons (Fsp3) is 0.500. The van der Waals surface area contributed by atoms with Crippen LogP contribution in [0.1, 0.15) is 35.4 Å². The fourth-order valence-corrected chi connectivity index (χ4v) is 5.16. The highest BCUT2D eigenvalue weighted by molar-refractivity contribution is 5.43. The number of hydrogen-bond acceptors (Lipinski definition) is 5. The summed E-state index contributed by atoms with van der Waals surface area (Å²) in [5.74, 6) is 2.96. The summed E-state index contributed by atoms with van der Waals surface area (Å²) >= 11 is 0. The van der Waals surface area contributed by atoms with Gasteiger partial charge in [0.15, 0.2) is 11.5 Å². The number of ether oxygens (including phenoxy) is 2. The lowest BCUT2D eigenvalue weighted by atomic mass is 9.81. The van der Waals surface area contributed by atoms with Gasteiger partial charge in [-0.15, -0.1) is 0 Å². The molecule has 2 N–H and O–H groups in total. The molecule has 2 aromatic carbocycles. The van der Waals surface area contributed by atoms with Crippen molar-refractivity contribution in [3.63, 3.8) is 0 Å². The van der Waals surface area contributed by atoms with Gasteiger partial charge in [0.25, 0.3) is 0 Å². The summed E-state index contributed by atoms with van der Waals surface area (Å²) in [7, 11) is 0. The van der Waals surface area contributed by atoms with Gasteiger partial charge in [-0.25, -0.2) is 0 Å². The third-order valence-corrected chi connectivity index (χ3v) is 6.56. The standard InChI is InChI=1S/C24H31N3O2/c1-17-4-2-5-19(12-17)21-14-25-26-24(21)20-6-3-9-27(16-20)15-18-7-8-22-23(13-18)29-11-10-28-22/h2,4-5,7-8,12-13,20-21,24-26H,3,6,9-11,14-16H2,1H3. The van der Waals surface area contributed by atoms with Gasteiger partial charge in [-0.1, -0.05) is 35.9 Å². The van der Waals surface area contributed by atoms with Crippen LogP contribution < -0.4 is 20.3 Å². The van der Waals surface area contributed by atoms with Crippen molar-refractivity contribution in [2.75, 3.05) is 32.8 Å². The summed E-state index contributed by atoms with van der Waals surface area (Å²) in [6.07, 6.45) is 2.55. The quantitative estimate of drug-likeness (QED) is 0.835. The Hall–Kier alpha value is -2.08. The summed E-state index contributed by atoms with van der Waals surface area (Å²) in [5, 5.41) is 0. The maximum absolute atomic E-state index is 5.77. The summed E-state index contributed by atoms with van der Waals surface area (Å²) < 4.78 is 11.4. The van der Waals surface area contributed by atoms with Crippen LogP contribution in [0.5, 0.6) is 11.5 Å². The van der Waals surface area contributed by atoms with Crippen LogP contribution in [0, 0.1) is 12.8 Å². The summed E-state index contributed by atoms with van der Waals surface area (Å²) in [6, 6.07) is 15.9. The average molecular weight is 394 g/mol. The van der Waals surface area contributed by atoms with Crippen molar-refractivity contribution >= 4 is 0 Å². The second-order valence-corrected chi connectivity index (χ2v) is 8.69. The number of rotatable bonds is 4. The molecule has 0 radical (unpaired) electrons. The number of hydrazine groups is 1. The van der Waals surface area contributed by atoms with Crippen molar-refractivity contribution in [1.29, 1.82) is 0 Å². The third kappa shape index (κ3) is 4.13. The van der Waals surface area contributed by atoms with E-state index in [0.717, 1.165) is 31.1 Å².